The molecule has 1 aromatic rings. The van der Waals surface area contributed by atoms with Crippen molar-refractivity contribution >= 4 is 17.5 Å². The Labute approximate surface area is 117 Å². The van der Waals surface area contributed by atoms with Crippen molar-refractivity contribution in [2.45, 2.75) is 40.7 Å². The van der Waals surface area contributed by atoms with Crippen LogP contribution in [0.3, 0.4) is 0 Å². The number of nitrogen functional groups attached to an aromatic ring is 1. The molecule has 0 fully saturated rings. The Morgan fingerprint density at radius 2 is 2.10 bits per heavy atom. The number of nitrogens with two attached hydrogens (primary N) is 1. The Hall–Kier alpha value is -2.12. The Balaban J connectivity index is 3.12. The first kappa shape index (κ1) is 15.9. The van der Waals surface area contributed by atoms with E-state index in [-0.39, 0.29) is 35.8 Å². The Morgan fingerprint density at radius 1 is 1.50 bits per heavy atom. The van der Waals surface area contributed by atoms with E-state index in [0.29, 0.717) is 6.42 Å². The molecule has 0 aliphatic heterocycles. The van der Waals surface area contributed by atoms with Crippen molar-refractivity contribution in [2.75, 3.05) is 12.3 Å². The number of nitro groups is 1. The topological polar surface area (TPSA) is 113 Å². The highest BCUT2D eigenvalue weighted by Gasteiger charge is 2.29. The molecule has 1 heterocycles. The summed E-state index contributed by atoms with van der Waals surface area (Å²) < 4.78 is 5.91. The maximum Gasteiger partial charge on any atom is 0.333 e. The van der Waals surface area contributed by atoms with E-state index >= 15 is 0 Å². The summed E-state index contributed by atoms with van der Waals surface area (Å²) in [5.74, 6) is -0.652. The smallest absolute Gasteiger partial charge is 0.333 e. The minimum absolute atomic E-state index is 0.123. The van der Waals surface area contributed by atoms with Crippen molar-refractivity contribution in [1.82, 2.24) is 9.78 Å². The Kier molecular flexibility index (Phi) is 4.69. The minimum Gasteiger partial charge on any atom is -0.465 e. The van der Waals surface area contributed by atoms with Gasteiger partial charge in [-0.3, -0.25) is 14.9 Å². The largest absolute Gasteiger partial charge is 0.465 e. The first-order chi connectivity index (χ1) is 9.15. The lowest BCUT2D eigenvalue weighted by Gasteiger charge is -2.15. The lowest BCUT2D eigenvalue weighted by atomic mass is 9.90. The van der Waals surface area contributed by atoms with Crippen LogP contribution in [0.15, 0.2) is 0 Å². The standard InChI is InChI=1S/C12H20N4O4/c1-5-20-9(17)7-15-11(13)10(16(18)19)8(14-15)6-12(2,3)4/h5-7,13H2,1-4H3. The molecule has 20 heavy (non-hydrogen) atoms. The van der Waals surface area contributed by atoms with Crippen LogP contribution in [-0.4, -0.2) is 27.3 Å². The van der Waals surface area contributed by atoms with Crippen LogP contribution in [0.25, 0.3) is 0 Å². The number of carbonyl (C=O) groups is 1. The van der Waals surface area contributed by atoms with Gasteiger partial charge in [0.1, 0.15) is 12.2 Å². The molecule has 0 saturated heterocycles. The first-order valence-corrected chi connectivity index (χ1v) is 6.31. The predicted octanol–water partition coefficient (Wildman–Crippen LogP) is 1.53. The highest BCUT2D eigenvalue weighted by molar-refractivity contribution is 5.70. The van der Waals surface area contributed by atoms with Crippen LogP contribution in [0.5, 0.6) is 0 Å². The fraction of sp³-hybridized carbons (Fsp3) is 0.667. The molecular weight excluding hydrogens is 264 g/mol. The Bertz CT molecular complexity index is 516. The summed E-state index contributed by atoms with van der Waals surface area (Å²) in [5.41, 5.74) is 5.59. The molecule has 1 rings (SSSR count). The maximum atomic E-state index is 11.4. The van der Waals surface area contributed by atoms with Gasteiger partial charge in [-0.05, 0) is 12.3 Å². The monoisotopic (exact) mass is 284 g/mol. The van der Waals surface area contributed by atoms with Gasteiger partial charge in [-0.25, -0.2) is 4.68 Å². The van der Waals surface area contributed by atoms with Gasteiger partial charge in [0.15, 0.2) is 0 Å². The van der Waals surface area contributed by atoms with Crippen molar-refractivity contribution in [3.05, 3.63) is 15.8 Å². The van der Waals surface area contributed by atoms with Crippen LogP contribution in [0, 0.1) is 15.5 Å². The molecule has 0 aromatic carbocycles. The van der Waals surface area contributed by atoms with Gasteiger partial charge in [0.05, 0.1) is 11.5 Å². The highest BCUT2D eigenvalue weighted by Crippen LogP contribution is 2.31. The van der Waals surface area contributed by atoms with E-state index in [9.17, 15) is 14.9 Å². The first-order valence-electron chi connectivity index (χ1n) is 6.31. The molecule has 8 nitrogen and oxygen atoms in total. The number of hydrogen-bond donors (Lipinski definition) is 1. The third kappa shape index (κ3) is 3.94. The van der Waals surface area contributed by atoms with E-state index in [0.717, 1.165) is 4.68 Å². The predicted molar refractivity (Wildman–Crippen MR) is 73.1 cm³/mol. The zero-order valence-electron chi connectivity index (χ0n) is 12.2. The number of anilines is 1. The van der Waals surface area contributed by atoms with Crippen molar-refractivity contribution in [2.24, 2.45) is 5.41 Å². The van der Waals surface area contributed by atoms with Crippen LogP contribution in [0.1, 0.15) is 33.4 Å². The van der Waals surface area contributed by atoms with E-state index in [2.05, 4.69) is 5.10 Å². The third-order valence-corrected chi connectivity index (χ3v) is 2.50. The lowest BCUT2D eigenvalue weighted by Crippen LogP contribution is -2.16. The molecule has 0 atom stereocenters. The van der Waals surface area contributed by atoms with Crippen LogP contribution >= 0.6 is 0 Å². The summed E-state index contributed by atoms with van der Waals surface area (Å²) in [6.45, 7) is 7.51. The van der Waals surface area contributed by atoms with Gasteiger partial charge in [-0.1, -0.05) is 20.8 Å². The van der Waals surface area contributed by atoms with Gasteiger partial charge in [0.25, 0.3) is 0 Å². The summed E-state index contributed by atoms with van der Waals surface area (Å²) in [6, 6.07) is 0. The second-order valence-electron chi connectivity index (χ2n) is 5.64. The molecule has 1 aromatic heterocycles. The fourth-order valence-electron chi connectivity index (χ4n) is 1.79. The van der Waals surface area contributed by atoms with Gasteiger partial charge in [-0.2, -0.15) is 5.10 Å². The molecule has 0 bridgehead atoms. The lowest BCUT2D eigenvalue weighted by molar-refractivity contribution is -0.384. The summed E-state index contributed by atoms with van der Waals surface area (Å²) >= 11 is 0. The summed E-state index contributed by atoms with van der Waals surface area (Å²) in [6.07, 6.45) is 0.392. The second-order valence-corrected chi connectivity index (χ2v) is 5.64. The molecule has 2 N–H and O–H groups in total. The van der Waals surface area contributed by atoms with Crippen LogP contribution < -0.4 is 5.73 Å². The molecular formula is C12H20N4O4. The SMILES string of the molecule is CCOC(=O)Cn1nc(CC(C)(C)C)c([N+](=O)[O-])c1N. The van der Waals surface area contributed by atoms with Crippen LogP contribution in [0.4, 0.5) is 11.5 Å². The zero-order chi connectivity index (χ0) is 15.5. The maximum absolute atomic E-state index is 11.4. The number of aromatic nitrogens is 2. The van der Waals surface area contributed by atoms with Crippen molar-refractivity contribution < 1.29 is 14.5 Å². The molecule has 8 heteroatoms. The summed E-state index contributed by atoms with van der Waals surface area (Å²) in [5, 5.41) is 15.2. The molecule has 0 aliphatic rings. The average molecular weight is 284 g/mol. The average Bonchev–Trinajstić information content (AvgIpc) is 2.52. The van der Waals surface area contributed by atoms with Crippen molar-refractivity contribution in [1.29, 1.82) is 0 Å². The second kappa shape index (κ2) is 5.89. The molecule has 0 amide bonds. The molecule has 112 valence electrons. The van der Waals surface area contributed by atoms with E-state index in [1.165, 1.54) is 0 Å². The van der Waals surface area contributed by atoms with Crippen LogP contribution in [-0.2, 0) is 22.5 Å². The third-order valence-electron chi connectivity index (χ3n) is 2.50. The summed E-state index contributed by atoms with van der Waals surface area (Å²) in [4.78, 5) is 22.0. The van der Waals surface area contributed by atoms with E-state index in [4.69, 9.17) is 10.5 Å². The van der Waals surface area contributed by atoms with Gasteiger partial charge >= 0.3 is 11.7 Å². The molecule has 0 radical (unpaired) electrons. The summed E-state index contributed by atoms with van der Waals surface area (Å²) in [7, 11) is 0. The zero-order valence-corrected chi connectivity index (χ0v) is 12.2. The van der Waals surface area contributed by atoms with E-state index in [1.54, 1.807) is 6.92 Å². The highest BCUT2D eigenvalue weighted by atomic mass is 16.6. The normalized spacial score (nSPS) is 11.4. The Morgan fingerprint density at radius 3 is 2.55 bits per heavy atom. The van der Waals surface area contributed by atoms with Gasteiger partial charge in [0.2, 0.25) is 5.82 Å². The molecule has 0 unspecified atom stereocenters. The number of ether oxygens (including phenoxy) is 1. The van der Waals surface area contributed by atoms with Crippen molar-refractivity contribution in [3.63, 3.8) is 0 Å². The molecule has 0 spiro atoms. The fourth-order valence-corrected chi connectivity index (χ4v) is 1.79. The van der Waals surface area contributed by atoms with Gasteiger partial charge in [-0.15, -0.1) is 0 Å². The van der Waals surface area contributed by atoms with Gasteiger partial charge < -0.3 is 10.5 Å². The number of esters is 1. The molecule has 0 saturated carbocycles. The van der Waals surface area contributed by atoms with Gasteiger partial charge in [0, 0.05) is 6.42 Å². The number of carbonyl (C=O) groups excluding carboxylic acids is 1. The number of rotatable bonds is 5. The number of hydrogen-bond acceptors (Lipinski definition) is 6. The minimum atomic E-state index is -0.564. The van der Waals surface area contributed by atoms with Crippen LogP contribution in [0.2, 0.25) is 0 Å². The molecule has 0 aliphatic carbocycles. The van der Waals surface area contributed by atoms with Crippen molar-refractivity contribution in [3.8, 4) is 0 Å². The quantitative estimate of drug-likeness (QED) is 0.498. The van der Waals surface area contributed by atoms with E-state index < -0.39 is 10.9 Å². The number of nitrogens with zero attached hydrogens (tertiary/aromatic N) is 3. The van der Waals surface area contributed by atoms with E-state index in [1.807, 2.05) is 20.8 Å².